The third-order valence-electron chi connectivity index (χ3n) is 3.59. The molecule has 0 amide bonds. The molecule has 3 N–H and O–H groups in total. The molecule has 2 atom stereocenters. The summed E-state index contributed by atoms with van der Waals surface area (Å²) in [5, 5.41) is 27.5. The average Bonchev–Trinajstić information content (AvgIpc) is 2.43. The Labute approximate surface area is 136 Å². The molecule has 134 valence electrons. The van der Waals surface area contributed by atoms with Crippen LogP contribution >= 0.6 is 0 Å². The minimum absolute atomic E-state index is 0.322. The number of aliphatic hydroxyl groups is 1. The Kier molecular flexibility index (Phi) is 10.2. The standard InChI is InChI=1S/C16H28O7/c1-3-5-7-9-12(8-6-4-2)23-14(19)11-16(22,15(20)21)10-13(17)18/h12,22H,3-11H2,1-2H3,(H,17,18)(H,20,21). The number of carbonyl (C=O) groups is 3. The molecule has 23 heavy (non-hydrogen) atoms. The van der Waals surface area contributed by atoms with Gasteiger partial charge in [-0.2, -0.15) is 0 Å². The first-order valence-electron chi connectivity index (χ1n) is 8.12. The molecule has 0 aromatic carbocycles. The summed E-state index contributed by atoms with van der Waals surface area (Å²) >= 11 is 0. The zero-order valence-corrected chi connectivity index (χ0v) is 13.9. The summed E-state index contributed by atoms with van der Waals surface area (Å²) < 4.78 is 5.27. The van der Waals surface area contributed by atoms with Crippen molar-refractivity contribution in [1.82, 2.24) is 0 Å². The van der Waals surface area contributed by atoms with Gasteiger partial charge in [-0.3, -0.25) is 9.59 Å². The van der Waals surface area contributed by atoms with Crippen LogP contribution in [0.1, 0.15) is 71.6 Å². The van der Waals surface area contributed by atoms with Crippen molar-refractivity contribution >= 4 is 17.9 Å². The van der Waals surface area contributed by atoms with Crippen molar-refractivity contribution in [1.29, 1.82) is 0 Å². The summed E-state index contributed by atoms with van der Waals surface area (Å²) in [6.07, 6.45) is 3.89. The van der Waals surface area contributed by atoms with Crippen molar-refractivity contribution < 1.29 is 34.4 Å². The van der Waals surface area contributed by atoms with Crippen LogP contribution in [0, 0.1) is 0 Å². The molecule has 0 spiro atoms. The second-order valence-electron chi connectivity index (χ2n) is 5.83. The van der Waals surface area contributed by atoms with E-state index in [0.717, 1.165) is 32.1 Å². The van der Waals surface area contributed by atoms with E-state index in [0.29, 0.717) is 12.8 Å². The number of carbonyl (C=O) groups excluding carboxylic acids is 1. The summed E-state index contributed by atoms with van der Waals surface area (Å²) in [5.74, 6) is -4.12. The van der Waals surface area contributed by atoms with Crippen LogP contribution in [0.15, 0.2) is 0 Å². The first-order valence-corrected chi connectivity index (χ1v) is 8.12. The lowest BCUT2D eigenvalue weighted by molar-refractivity contribution is -0.173. The van der Waals surface area contributed by atoms with Crippen LogP contribution in [0.3, 0.4) is 0 Å². The molecule has 0 aliphatic heterocycles. The van der Waals surface area contributed by atoms with Crippen molar-refractivity contribution in [2.45, 2.75) is 83.3 Å². The van der Waals surface area contributed by atoms with Gasteiger partial charge in [0, 0.05) is 0 Å². The third kappa shape index (κ3) is 9.18. The van der Waals surface area contributed by atoms with Crippen LogP contribution in [0.5, 0.6) is 0 Å². The molecule has 0 rings (SSSR count). The summed E-state index contributed by atoms with van der Waals surface area (Å²) in [6, 6.07) is 0. The van der Waals surface area contributed by atoms with Crippen LogP contribution in [0.25, 0.3) is 0 Å². The summed E-state index contributed by atoms with van der Waals surface area (Å²) in [7, 11) is 0. The summed E-state index contributed by atoms with van der Waals surface area (Å²) in [6.45, 7) is 4.08. The van der Waals surface area contributed by atoms with E-state index in [9.17, 15) is 19.5 Å². The maximum absolute atomic E-state index is 11.9. The summed E-state index contributed by atoms with van der Waals surface area (Å²) in [4.78, 5) is 33.6. The van der Waals surface area contributed by atoms with Gasteiger partial charge in [0.15, 0.2) is 5.60 Å². The van der Waals surface area contributed by atoms with Crippen LogP contribution < -0.4 is 0 Å². The van der Waals surface area contributed by atoms with E-state index in [1.54, 1.807) is 0 Å². The van der Waals surface area contributed by atoms with Gasteiger partial charge < -0.3 is 20.1 Å². The lowest BCUT2D eigenvalue weighted by Gasteiger charge is -2.23. The lowest BCUT2D eigenvalue weighted by Crippen LogP contribution is -2.43. The van der Waals surface area contributed by atoms with E-state index in [1.807, 2.05) is 6.92 Å². The predicted molar refractivity (Wildman–Crippen MR) is 83.0 cm³/mol. The fourth-order valence-corrected chi connectivity index (χ4v) is 2.25. The van der Waals surface area contributed by atoms with Crippen LogP contribution in [0.2, 0.25) is 0 Å². The minimum atomic E-state index is -2.64. The van der Waals surface area contributed by atoms with E-state index < -0.39 is 36.4 Å². The molecule has 2 unspecified atom stereocenters. The topological polar surface area (TPSA) is 121 Å². The molecule has 0 aliphatic rings. The highest BCUT2D eigenvalue weighted by Gasteiger charge is 2.41. The molecule has 0 fully saturated rings. The maximum Gasteiger partial charge on any atom is 0.336 e. The van der Waals surface area contributed by atoms with Crippen LogP contribution in [-0.2, 0) is 19.1 Å². The zero-order chi connectivity index (χ0) is 17.9. The van der Waals surface area contributed by atoms with Crippen molar-refractivity contribution in [3.63, 3.8) is 0 Å². The monoisotopic (exact) mass is 332 g/mol. The molecule has 0 saturated heterocycles. The molecular weight excluding hydrogens is 304 g/mol. The molecule has 0 saturated carbocycles. The number of hydrogen-bond acceptors (Lipinski definition) is 5. The first-order chi connectivity index (χ1) is 10.7. The van der Waals surface area contributed by atoms with E-state index in [2.05, 4.69) is 6.92 Å². The quantitative estimate of drug-likeness (QED) is 0.349. The second-order valence-corrected chi connectivity index (χ2v) is 5.83. The van der Waals surface area contributed by atoms with Crippen LogP contribution in [-0.4, -0.2) is 44.9 Å². The Hall–Kier alpha value is -1.63. The normalized spacial score (nSPS) is 14.7. The number of ether oxygens (including phenoxy) is 1. The fourth-order valence-electron chi connectivity index (χ4n) is 2.25. The van der Waals surface area contributed by atoms with Crippen molar-refractivity contribution in [2.75, 3.05) is 0 Å². The zero-order valence-electron chi connectivity index (χ0n) is 13.9. The number of hydrogen-bond donors (Lipinski definition) is 3. The molecule has 7 nitrogen and oxygen atoms in total. The van der Waals surface area contributed by atoms with E-state index >= 15 is 0 Å². The lowest BCUT2D eigenvalue weighted by atomic mass is 9.95. The van der Waals surface area contributed by atoms with E-state index in [1.165, 1.54) is 0 Å². The third-order valence-corrected chi connectivity index (χ3v) is 3.59. The van der Waals surface area contributed by atoms with Gasteiger partial charge in [0.25, 0.3) is 0 Å². The number of rotatable bonds is 13. The van der Waals surface area contributed by atoms with Crippen molar-refractivity contribution in [3.05, 3.63) is 0 Å². The number of carboxylic acid groups (broad SMARTS) is 2. The fraction of sp³-hybridized carbons (Fsp3) is 0.812. The van der Waals surface area contributed by atoms with Gasteiger partial charge >= 0.3 is 17.9 Å². The molecule has 7 heteroatoms. The van der Waals surface area contributed by atoms with Gasteiger partial charge in [0.2, 0.25) is 0 Å². The largest absolute Gasteiger partial charge is 0.481 e. The second kappa shape index (κ2) is 11.0. The Morgan fingerprint density at radius 3 is 2.00 bits per heavy atom. The smallest absolute Gasteiger partial charge is 0.336 e. The van der Waals surface area contributed by atoms with Gasteiger partial charge in [0.1, 0.15) is 6.10 Å². The Balaban J connectivity index is 4.68. The molecule has 0 heterocycles. The minimum Gasteiger partial charge on any atom is -0.481 e. The van der Waals surface area contributed by atoms with E-state index in [-0.39, 0.29) is 6.10 Å². The highest BCUT2D eigenvalue weighted by atomic mass is 16.5. The first kappa shape index (κ1) is 21.4. The molecule has 0 radical (unpaired) electrons. The van der Waals surface area contributed by atoms with Gasteiger partial charge in [-0.25, -0.2) is 4.79 Å². The van der Waals surface area contributed by atoms with Gasteiger partial charge in [-0.1, -0.05) is 39.5 Å². The molecule has 0 aromatic rings. The summed E-state index contributed by atoms with van der Waals surface area (Å²) in [5.41, 5.74) is -2.64. The predicted octanol–water partition coefficient (Wildman–Crippen LogP) is 2.35. The number of aliphatic carboxylic acids is 2. The molecular formula is C16H28O7. The Morgan fingerprint density at radius 1 is 0.957 bits per heavy atom. The average molecular weight is 332 g/mol. The van der Waals surface area contributed by atoms with Crippen molar-refractivity contribution in [3.8, 4) is 0 Å². The van der Waals surface area contributed by atoms with Crippen molar-refractivity contribution in [2.24, 2.45) is 0 Å². The Bertz CT molecular complexity index is 394. The van der Waals surface area contributed by atoms with Gasteiger partial charge in [-0.05, 0) is 19.3 Å². The SMILES string of the molecule is CCCCCC(CCCC)OC(=O)CC(O)(CC(=O)O)C(=O)O. The number of esters is 1. The van der Waals surface area contributed by atoms with Gasteiger partial charge in [0.05, 0.1) is 12.8 Å². The highest BCUT2D eigenvalue weighted by Crippen LogP contribution is 2.20. The van der Waals surface area contributed by atoms with E-state index in [4.69, 9.17) is 14.9 Å². The molecule has 0 bridgehead atoms. The van der Waals surface area contributed by atoms with Crippen LogP contribution in [0.4, 0.5) is 0 Å². The maximum atomic E-state index is 11.9. The number of carboxylic acids is 2. The Morgan fingerprint density at radius 2 is 1.52 bits per heavy atom. The highest BCUT2D eigenvalue weighted by molar-refractivity contribution is 5.88. The molecule has 0 aromatic heterocycles. The van der Waals surface area contributed by atoms with Gasteiger partial charge in [-0.15, -0.1) is 0 Å². The number of unbranched alkanes of at least 4 members (excludes halogenated alkanes) is 3. The molecule has 0 aliphatic carbocycles.